The van der Waals surface area contributed by atoms with Gasteiger partial charge >= 0.3 is 0 Å². The Balaban J connectivity index is 0.000000404. The normalized spacial score (nSPS) is 45.9. The summed E-state index contributed by atoms with van der Waals surface area (Å²) in [5.74, 6) is 0. The Morgan fingerprint density at radius 1 is 1.07 bits per heavy atom. The van der Waals surface area contributed by atoms with Gasteiger partial charge in [0.1, 0.15) is 0 Å². The summed E-state index contributed by atoms with van der Waals surface area (Å²) in [7, 11) is 0. The summed E-state index contributed by atoms with van der Waals surface area (Å²) in [6, 6.07) is 0. The van der Waals surface area contributed by atoms with Crippen LogP contribution in [-0.4, -0.2) is 69.7 Å². The lowest BCUT2D eigenvalue weighted by Crippen LogP contribution is -2.77. The van der Waals surface area contributed by atoms with Crippen LogP contribution in [-0.2, 0) is 0 Å². The van der Waals surface area contributed by atoms with Crippen LogP contribution in [0.4, 0.5) is 0 Å². The van der Waals surface area contributed by atoms with E-state index in [1.807, 2.05) is 4.93 Å². The lowest BCUT2D eigenvalue weighted by atomic mass is 9.92. The van der Waals surface area contributed by atoms with Crippen LogP contribution in [0.15, 0.2) is 0 Å². The zero-order valence-electron chi connectivity index (χ0n) is 8.73. The van der Waals surface area contributed by atoms with Crippen LogP contribution >= 0.6 is 22.6 Å². The fourth-order valence-corrected chi connectivity index (χ4v) is 2.85. The molecule has 6 nitrogen and oxygen atoms in total. The van der Waals surface area contributed by atoms with Crippen LogP contribution in [0.3, 0.4) is 0 Å². The minimum absolute atomic E-state index is 0.0858. The van der Waals surface area contributed by atoms with Gasteiger partial charge < -0.3 is 0 Å². The van der Waals surface area contributed by atoms with E-state index in [-0.39, 0.29) is 4.92 Å². The second-order valence-corrected chi connectivity index (χ2v) is 4.39. The first-order valence-corrected chi connectivity index (χ1v) is 7.03. The van der Waals surface area contributed by atoms with E-state index in [1.165, 1.54) is 0 Å². The standard InChI is InChI=1S/C7H12N4O2.CH3I/c12-11(13)7-1-8-4-9(2-7)6-10(3-7)5-8;1-2/h1-6H2;1H3. The van der Waals surface area contributed by atoms with Gasteiger partial charge in [-0.2, -0.15) is 0 Å². The SMILES string of the molecule is CI.O=[N+]([O-])C12CN3CN(CN(C3)C1)C2. The van der Waals surface area contributed by atoms with E-state index in [2.05, 4.69) is 37.3 Å². The van der Waals surface area contributed by atoms with E-state index in [4.69, 9.17) is 0 Å². The highest BCUT2D eigenvalue weighted by atomic mass is 127. The molecule has 15 heavy (non-hydrogen) atoms. The third-order valence-corrected chi connectivity index (χ3v) is 3.14. The minimum atomic E-state index is -0.700. The summed E-state index contributed by atoms with van der Waals surface area (Å²) >= 11 is 2.15. The summed E-state index contributed by atoms with van der Waals surface area (Å²) in [6.07, 6.45) is 0. The monoisotopic (exact) mass is 326 g/mol. The van der Waals surface area contributed by atoms with Gasteiger partial charge in [-0.15, -0.1) is 0 Å². The molecule has 7 heteroatoms. The first-order chi connectivity index (χ1) is 7.18. The van der Waals surface area contributed by atoms with Crippen molar-refractivity contribution in [2.45, 2.75) is 5.54 Å². The predicted molar refractivity (Wildman–Crippen MR) is 64.4 cm³/mol. The van der Waals surface area contributed by atoms with Crippen LogP contribution in [0, 0.1) is 10.1 Å². The van der Waals surface area contributed by atoms with Crippen molar-refractivity contribution in [3.05, 3.63) is 10.1 Å². The quantitative estimate of drug-likeness (QED) is 0.291. The fraction of sp³-hybridized carbons (Fsp3) is 1.00. The van der Waals surface area contributed by atoms with Crippen LogP contribution < -0.4 is 0 Å². The highest BCUT2D eigenvalue weighted by Gasteiger charge is 2.56. The van der Waals surface area contributed by atoms with Gasteiger partial charge in [0.2, 0.25) is 0 Å². The molecule has 0 aliphatic carbocycles. The summed E-state index contributed by atoms with van der Waals surface area (Å²) in [6.45, 7) is 4.62. The molecular weight excluding hydrogens is 311 g/mol. The van der Waals surface area contributed by atoms with Gasteiger partial charge in [-0.1, -0.05) is 22.6 Å². The van der Waals surface area contributed by atoms with Crippen LogP contribution in [0.5, 0.6) is 0 Å². The number of hydrogen-bond acceptors (Lipinski definition) is 5. The van der Waals surface area contributed by atoms with E-state index in [1.54, 1.807) is 0 Å². The van der Waals surface area contributed by atoms with Gasteiger partial charge in [0, 0.05) is 4.92 Å². The fourth-order valence-electron chi connectivity index (χ4n) is 2.85. The number of halogens is 1. The second-order valence-electron chi connectivity index (χ2n) is 4.39. The molecule has 0 N–H and O–H groups in total. The van der Waals surface area contributed by atoms with Crippen LogP contribution in [0.1, 0.15) is 0 Å². The smallest absolute Gasteiger partial charge is 0.259 e. The van der Waals surface area contributed by atoms with Crippen molar-refractivity contribution >= 4 is 22.6 Å². The van der Waals surface area contributed by atoms with Gasteiger partial charge in [0.25, 0.3) is 5.54 Å². The Morgan fingerprint density at radius 3 is 1.67 bits per heavy atom. The van der Waals surface area contributed by atoms with Crippen LogP contribution in [0.25, 0.3) is 0 Å². The number of alkyl halides is 1. The Labute approximate surface area is 102 Å². The van der Waals surface area contributed by atoms with Crippen molar-refractivity contribution in [1.29, 1.82) is 0 Å². The second kappa shape index (κ2) is 4.11. The molecule has 0 atom stereocenters. The highest BCUT2D eigenvalue weighted by molar-refractivity contribution is 14.1. The summed E-state index contributed by atoms with van der Waals surface area (Å²) in [5.41, 5.74) is -0.700. The van der Waals surface area contributed by atoms with E-state index in [0.717, 1.165) is 20.0 Å². The predicted octanol–water partition coefficient (Wildman–Crippen LogP) is -0.128. The molecule has 86 valence electrons. The average Bonchev–Trinajstić information content (AvgIpc) is 2.18. The largest absolute Gasteiger partial charge is 0.270 e. The van der Waals surface area contributed by atoms with Gasteiger partial charge in [0.15, 0.2) is 0 Å². The molecule has 4 saturated heterocycles. The van der Waals surface area contributed by atoms with Crippen molar-refractivity contribution in [1.82, 2.24) is 14.7 Å². The number of nitrogens with zero attached hydrogens (tertiary/aromatic N) is 4. The maximum absolute atomic E-state index is 11.0. The van der Waals surface area contributed by atoms with E-state index in [9.17, 15) is 10.1 Å². The molecule has 0 aromatic rings. The molecule has 4 aliphatic heterocycles. The van der Waals surface area contributed by atoms with E-state index in [0.29, 0.717) is 19.6 Å². The van der Waals surface area contributed by atoms with Gasteiger partial charge in [0.05, 0.1) is 39.6 Å². The Hall–Kier alpha value is 0.0100. The van der Waals surface area contributed by atoms with Crippen molar-refractivity contribution in [2.24, 2.45) is 0 Å². The van der Waals surface area contributed by atoms with Crippen molar-refractivity contribution in [3.63, 3.8) is 0 Å². The molecule has 0 unspecified atom stereocenters. The third kappa shape index (κ3) is 1.85. The molecular formula is C8H15IN4O2. The summed E-state index contributed by atoms with van der Waals surface area (Å²) in [4.78, 5) is 19.3. The zero-order valence-corrected chi connectivity index (χ0v) is 10.9. The van der Waals surface area contributed by atoms with E-state index < -0.39 is 5.54 Å². The maximum Gasteiger partial charge on any atom is 0.259 e. The molecule has 0 saturated carbocycles. The zero-order chi connectivity index (χ0) is 11.1. The Kier molecular flexibility index (Phi) is 3.15. The Bertz CT molecular complexity index is 238. The Morgan fingerprint density at radius 2 is 1.40 bits per heavy atom. The maximum atomic E-state index is 11.0. The lowest BCUT2D eigenvalue weighted by Gasteiger charge is -2.56. The molecule has 0 aromatic carbocycles. The number of hydrogen-bond donors (Lipinski definition) is 0. The first-order valence-electron chi connectivity index (χ1n) is 4.87. The minimum Gasteiger partial charge on any atom is -0.270 e. The molecule has 0 radical (unpaired) electrons. The average molecular weight is 326 g/mol. The molecule has 4 fully saturated rings. The third-order valence-electron chi connectivity index (χ3n) is 3.14. The lowest BCUT2D eigenvalue weighted by molar-refractivity contribution is -0.587. The van der Waals surface area contributed by atoms with Crippen molar-refractivity contribution in [3.8, 4) is 0 Å². The molecule has 4 heterocycles. The topological polar surface area (TPSA) is 52.9 Å². The number of rotatable bonds is 1. The number of nitro groups is 1. The molecule has 4 aliphatic rings. The molecule has 0 amide bonds. The van der Waals surface area contributed by atoms with Crippen molar-refractivity contribution < 1.29 is 4.92 Å². The van der Waals surface area contributed by atoms with Crippen molar-refractivity contribution in [2.75, 3.05) is 44.6 Å². The molecule has 0 aromatic heterocycles. The molecule has 4 rings (SSSR count). The van der Waals surface area contributed by atoms with E-state index >= 15 is 0 Å². The highest BCUT2D eigenvalue weighted by Crippen LogP contribution is 2.30. The van der Waals surface area contributed by atoms with Gasteiger partial charge in [-0.25, -0.2) is 0 Å². The first kappa shape index (κ1) is 11.5. The van der Waals surface area contributed by atoms with Crippen LogP contribution in [0.2, 0.25) is 0 Å². The molecule has 4 bridgehead atoms. The molecule has 0 spiro atoms. The van der Waals surface area contributed by atoms with Gasteiger partial charge in [-0.3, -0.25) is 24.8 Å². The summed E-state index contributed by atoms with van der Waals surface area (Å²) < 4.78 is 0. The summed E-state index contributed by atoms with van der Waals surface area (Å²) in [5, 5.41) is 11.0. The van der Waals surface area contributed by atoms with Gasteiger partial charge in [-0.05, 0) is 4.93 Å².